The van der Waals surface area contributed by atoms with Gasteiger partial charge in [0.2, 0.25) is 5.91 Å². The van der Waals surface area contributed by atoms with Crippen molar-refractivity contribution in [2.24, 2.45) is 0 Å². The van der Waals surface area contributed by atoms with Crippen molar-refractivity contribution in [1.82, 2.24) is 5.32 Å². The summed E-state index contributed by atoms with van der Waals surface area (Å²) in [5.41, 5.74) is 0.472. The Morgan fingerprint density at radius 1 is 1.33 bits per heavy atom. The Hall–Kier alpha value is -1.49. The zero-order chi connectivity index (χ0) is 11.3. The smallest absolute Gasteiger partial charge is 0.222 e. The third-order valence-electron chi connectivity index (χ3n) is 1.81. The van der Waals surface area contributed by atoms with Crippen molar-refractivity contribution in [1.29, 1.82) is 0 Å². The van der Waals surface area contributed by atoms with Crippen molar-refractivity contribution in [3.63, 3.8) is 0 Å². The summed E-state index contributed by atoms with van der Waals surface area (Å²) < 4.78 is 25.2. The number of hydrogen-bond acceptors (Lipinski definition) is 2. The van der Waals surface area contributed by atoms with Crippen LogP contribution < -0.4 is 5.32 Å². The van der Waals surface area contributed by atoms with Crippen molar-refractivity contribution in [2.45, 2.75) is 13.0 Å². The van der Waals surface area contributed by atoms with Gasteiger partial charge in [0.25, 0.3) is 0 Å². The number of amides is 1. The maximum absolute atomic E-state index is 12.7. The Balaban J connectivity index is 2.51. The molecule has 1 amide bonds. The third kappa shape index (κ3) is 3.63. The highest BCUT2D eigenvalue weighted by Crippen LogP contribution is 2.08. The van der Waals surface area contributed by atoms with E-state index >= 15 is 0 Å². The molecule has 0 unspecified atom stereocenters. The number of halogens is 2. The Bertz CT molecular complexity index is 355. The first-order valence-electron chi connectivity index (χ1n) is 4.45. The average molecular weight is 215 g/mol. The van der Waals surface area contributed by atoms with Gasteiger partial charge in [-0.25, -0.2) is 8.78 Å². The molecule has 0 saturated heterocycles. The van der Waals surface area contributed by atoms with Crippen LogP contribution >= 0.6 is 0 Å². The van der Waals surface area contributed by atoms with Crippen molar-refractivity contribution in [3.05, 3.63) is 35.4 Å². The molecule has 0 heterocycles. The molecule has 3 nitrogen and oxygen atoms in total. The number of aliphatic hydroxyl groups excluding tert-OH is 1. The largest absolute Gasteiger partial charge is 0.396 e. The summed E-state index contributed by atoms with van der Waals surface area (Å²) in [4.78, 5) is 10.9. The minimum absolute atomic E-state index is 0.00365. The predicted octanol–water partition coefficient (Wildman–Crippen LogP) is 0.963. The highest BCUT2D eigenvalue weighted by Gasteiger charge is 2.04. The Kier molecular flexibility index (Phi) is 4.17. The van der Waals surface area contributed by atoms with Crippen LogP contribution in [-0.2, 0) is 11.3 Å². The predicted molar refractivity (Wildman–Crippen MR) is 49.9 cm³/mol. The number of nitrogens with one attached hydrogen (secondary N) is 1. The van der Waals surface area contributed by atoms with Crippen LogP contribution in [0.25, 0.3) is 0 Å². The van der Waals surface area contributed by atoms with Crippen LogP contribution in [-0.4, -0.2) is 17.6 Å². The summed E-state index contributed by atoms with van der Waals surface area (Å²) in [5, 5.41) is 10.9. The first-order chi connectivity index (χ1) is 7.13. The molecular weight excluding hydrogens is 204 g/mol. The summed E-state index contributed by atoms with van der Waals surface area (Å²) >= 11 is 0. The molecule has 0 aliphatic heterocycles. The fourth-order valence-corrected chi connectivity index (χ4v) is 1.04. The minimum atomic E-state index is -0.941. The monoisotopic (exact) mass is 215 g/mol. The number of carbonyl (C=O) groups is 1. The summed E-state index contributed by atoms with van der Waals surface area (Å²) in [5.74, 6) is -2.19. The van der Waals surface area contributed by atoms with Crippen molar-refractivity contribution < 1.29 is 18.7 Å². The quantitative estimate of drug-likeness (QED) is 0.786. The van der Waals surface area contributed by atoms with Gasteiger partial charge in [0.15, 0.2) is 11.6 Å². The maximum Gasteiger partial charge on any atom is 0.222 e. The zero-order valence-electron chi connectivity index (χ0n) is 7.96. The molecule has 2 N–H and O–H groups in total. The molecule has 1 rings (SSSR count). The lowest BCUT2D eigenvalue weighted by molar-refractivity contribution is -0.121. The average Bonchev–Trinajstić information content (AvgIpc) is 2.20. The van der Waals surface area contributed by atoms with E-state index in [9.17, 15) is 13.6 Å². The van der Waals surface area contributed by atoms with Crippen LogP contribution in [0.4, 0.5) is 8.78 Å². The van der Waals surface area contributed by atoms with Crippen LogP contribution in [0.3, 0.4) is 0 Å². The highest BCUT2D eigenvalue weighted by molar-refractivity contribution is 5.75. The van der Waals surface area contributed by atoms with Gasteiger partial charge in [0.1, 0.15) is 0 Å². The van der Waals surface area contributed by atoms with E-state index in [4.69, 9.17) is 5.11 Å². The van der Waals surface area contributed by atoms with Gasteiger partial charge in [-0.3, -0.25) is 4.79 Å². The zero-order valence-corrected chi connectivity index (χ0v) is 7.96. The van der Waals surface area contributed by atoms with Crippen molar-refractivity contribution in [3.8, 4) is 0 Å². The second-order valence-corrected chi connectivity index (χ2v) is 3.00. The molecule has 0 bridgehead atoms. The van der Waals surface area contributed by atoms with E-state index in [2.05, 4.69) is 5.32 Å². The van der Waals surface area contributed by atoms with E-state index in [1.54, 1.807) is 0 Å². The fraction of sp³-hybridized carbons (Fsp3) is 0.300. The van der Waals surface area contributed by atoms with Gasteiger partial charge in [0.05, 0.1) is 6.61 Å². The van der Waals surface area contributed by atoms with Crippen molar-refractivity contribution >= 4 is 5.91 Å². The summed E-state index contributed by atoms with van der Waals surface area (Å²) in [6.45, 7) is -0.111. The Labute approximate surface area is 85.7 Å². The molecule has 0 atom stereocenters. The summed E-state index contributed by atoms with van der Waals surface area (Å²) in [7, 11) is 0. The summed E-state index contributed by atoms with van der Waals surface area (Å²) in [6, 6.07) is 3.41. The van der Waals surface area contributed by atoms with Crippen LogP contribution in [0.1, 0.15) is 12.0 Å². The lowest BCUT2D eigenvalue weighted by Gasteiger charge is -2.04. The number of hydrogen-bond donors (Lipinski definition) is 2. The van der Waals surface area contributed by atoms with Crippen LogP contribution in [0.15, 0.2) is 18.2 Å². The van der Waals surface area contributed by atoms with Gasteiger partial charge in [-0.15, -0.1) is 0 Å². The molecule has 5 heteroatoms. The second-order valence-electron chi connectivity index (χ2n) is 3.00. The minimum Gasteiger partial charge on any atom is -0.396 e. The van der Waals surface area contributed by atoms with E-state index in [1.165, 1.54) is 6.07 Å². The third-order valence-corrected chi connectivity index (χ3v) is 1.81. The molecular formula is C10H11F2NO2. The van der Waals surface area contributed by atoms with Gasteiger partial charge in [-0.1, -0.05) is 6.07 Å². The van der Waals surface area contributed by atoms with E-state index in [-0.39, 0.29) is 25.5 Å². The Morgan fingerprint density at radius 2 is 2.07 bits per heavy atom. The molecule has 0 radical (unpaired) electrons. The number of rotatable bonds is 4. The van der Waals surface area contributed by atoms with Crippen LogP contribution in [0, 0.1) is 11.6 Å². The first kappa shape index (κ1) is 11.6. The fourth-order valence-electron chi connectivity index (χ4n) is 1.04. The van der Waals surface area contributed by atoms with E-state index in [0.29, 0.717) is 5.56 Å². The number of aliphatic hydroxyl groups is 1. The second kappa shape index (κ2) is 5.41. The molecule has 0 saturated carbocycles. The topological polar surface area (TPSA) is 49.3 Å². The van der Waals surface area contributed by atoms with Gasteiger partial charge in [0, 0.05) is 13.0 Å². The first-order valence-corrected chi connectivity index (χ1v) is 4.45. The van der Waals surface area contributed by atoms with Crippen molar-refractivity contribution in [2.75, 3.05) is 6.61 Å². The number of benzene rings is 1. The molecule has 82 valence electrons. The van der Waals surface area contributed by atoms with Crippen LogP contribution in [0.2, 0.25) is 0 Å². The van der Waals surface area contributed by atoms with E-state index in [0.717, 1.165) is 12.1 Å². The molecule has 0 aliphatic rings. The standard InChI is InChI=1S/C10H11F2NO2/c11-8-2-1-7(5-9(8)12)6-13-10(15)3-4-14/h1-2,5,14H,3-4,6H2,(H,13,15). The molecule has 1 aromatic carbocycles. The van der Waals surface area contributed by atoms with Gasteiger partial charge >= 0.3 is 0 Å². The lowest BCUT2D eigenvalue weighted by Crippen LogP contribution is -2.23. The maximum atomic E-state index is 12.7. The molecule has 0 fully saturated rings. The Morgan fingerprint density at radius 3 is 2.67 bits per heavy atom. The molecule has 0 aliphatic carbocycles. The van der Waals surface area contributed by atoms with E-state index in [1.807, 2.05) is 0 Å². The SMILES string of the molecule is O=C(CCO)NCc1ccc(F)c(F)c1. The molecule has 0 spiro atoms. The molecule has 1 aromatic rings. The van der Waals surface area contributed by atoms with Gasteiger partial charge in [-0.05, 0) is 17.7 Å². The van der Waals surface area contributed by atoms with Gasteiger partial charge in [-0.2, -0.15) is 0 Å². The molecule has 0 aromatic heterocycles. The summed E-state index contributed by atoms with van der Waals surface area (Å²) in [6.07, 6.45) is 0.00365. The normalized spacial score (nSPS) is 10.1. The van der Waals surface area contributed by atoms with E-state index < -0.39 is 11.6 Å². The molecule has 15 heavy (non-hydrogen) atoms. The highest BCUT2D eigenvalue weighted by atomic mass is 19.2. The van der Waals surface area contributed by atoms with Gasteiger partial charge < -0.3 is 10.4 Å². The van der Waals surface area contributed by atoms with Crippen LogP contribution in [0.5, 0.6) is 0 Å². The lowest BCUT2D eigenvalue weighted by atomic mass is 10.2. The number of carbonyl (C=O) groups excluding carboxylic acids is 1.